The summed E-state index contributed by atoms with van der Waals surface area (Å²) in [7, 11) is 0. The molecule has 1 saturated carbocycles. The second kappa shape index (κ2) is 13.4. The SMILES string of the molecule is C[C@H](CO)C/C=C1\OC(=O)C2=C1CC[C@H]1[C@H]3CC[C@]4(C(=C3c3cc(O)ccc3-c3ccccc3)C(=O)O/C4=C\[C@H](CCO)Cc3ccccc3)[C@@H]21. The van der Waals surface area contributed by atoms with E-state index in [9.17, 15) is 24.9 Å². The zero-order valence-electron chi connectivity index (χ0n) is 28.9. The molecule has 3 aromatic rings. The van der Waals surface area contributed by atoms with Crippen molar-refractivity contribution in [3.63, 3.8) is 0 Å². The minimum Gasteiger partial charge on any atom is -0.508 e. The van der Waals surface area contributed by atoms with Gasteiger partial charge in [-0.3, -0.25) is 0 Å². The van der Waals surface area contributed by atoms with E-state index in [1.165, 1.54) is 0 Å². The molecule has 7 heteroatoms. The number of ether oxygens (including phenoxy) is 2. The number of rotatable bonds is 10. The number of aromatic hydroxyl groups is 1. The van der Waals surface area contributed by atoms with Gasteiger partial charge in [0.2, 0.25) is 0 Å². The largest absolute Gasteiger partial charge is 0.508 e. The van der Waals surface area contributed by atoms with Gasteiger partial charge in [0.1, 0.15) is 17.3 Å². The maximum Gasteiger partial charge on any atom is 0.340 e. The normalized spacial score (nSPS) is 27.7. The molecule has 2 aliphatic heterocycles. The molecule has 3 aromatic carbocycles. The summed E-state index contributed by atoms with van der Waals surface area (Å²) in [5.74, 6) is 0.0952. The summed E-state index contributed by atoms with van der Waals surface area (Å²) in [6.07, 6.45) is 8.66. The van der Waals surface area contributed by atoms with Crippen LogP contribution in [0.4, 0.5) is 0 Å². The molecule has 6 aliphatic rings. The monoisotopic (exact) mass is 684 g/mol. The van der Waals surface area contributed by atoms with Gasteiger partial charge in [-0.2, -0.15) is 0 Å². The molecule has 3 N–H and O–H groups in total. The predicted octanol–water partition coefficient (Wildman–Crippen LogP) is 7.69. The average molecular weight is 685 g/mol. The van der Waals surface area contributed by atoms with Crippen LogP contribution in [0, 0.1) is 35.0 Å². The minimum absolute atomic E-state index is 0.0178. The van der Waals surface area contributed by atoms with E-state index in [0.717, 1.165) is 46.2 Å². The van der Waals surface area contributed by atoms with Gasteiger partial charge in [0.15, 0.2) is 0 Å². The Bertz CT molecular complexity index is 1990. The number of aliphatic hydroxyl groups excluding tert-OH is 2. The summed E-state index contributed by atoms with van der Waals surface area (Å²) in [6.45, 7) is 1.98. The number of phenolic OH excluding ortho intramolecular Hbond substituents is 1. The first kappa shape index (κ1) is 33.4. The number of aliphatic hydroxyl groups is 2. The number of hydrogen-bond donors (Lipinski definition) is 3. The van der Waals surface area contributed by atoms with Crippen LogP contribution in [0.2, 0.25) is 0 Å². The molecule has 0 radical (unpaired) electrons. The summed E-state index contributed by atoms with van der Waals surface area (Å²) in [6, 6.07) is 25.5. The van der Waals surface area contributed by atoms with Crippen LogP contribution in [0.1, 0.15) is 56.6 Å². The van der Waals surface area contributed by atoms with Crippen molar-refractivity contribution >= 4 is 17.5 Å². The van der Waals surface area contributed by atoms with Crippen LogP contribution >= 0.6 is 0 Å². The summed E-state index contributed by atoms with van der Waals surface area (Å²) >= 11 is 0. The maximum absolute atomic E-state index is 14.5. The summed E-state index contributed by atoms with van der Waals surface area (Å²) in [5, 5.41) is 30.8. The highest BCUT2D eigenvalue weighted by molar-refractivity contribution is 6.07. The highest BCUT2D eigenvalue weighted by Crippen LogP contribution is 2.72. The third-order valence-electron chi connectivity index (χ3n) is 12.0. The molecule has 7 nitrogen and oxygen atoms in total. The number of carbonyl (C=O) groups is 2. The van der Waals surface area contributed by atoms with Gasteiger partial charge in [0.25, 0.3) is 0 Å². The van der Waals surface area contributed by atoms with Gasteiger partial charge in [-0.25, -0.2) is 9.59 Å². The van der Waals surface area contributed by atoms with Crippen LogP contribution in [0.15, 0.2) is 119 Å². The highest BCUT2D eigenvalue weighted by Gasteiger charge is 2.68. The van der Waals surface area contributed by atoms with Gasteiger partial charge < -0.3 is 24.8 Å². The van der Waals surface area contributed by atoms with E-state index in [0.29, 0.717) is 54.8 Å². The Morgan fingerprint density at radius 3 is 2.41 bits per heavy atom. The lowest BCUT2D eigenvalue weighted by Gasteiger charge is -2.56. The molecule has 1 spiro atoms. The number of esters is 2. The van der Waals surface area contributed by atoms with Crippen LogP contribution in [-0.2, 0) is 25.5 Å². The number of hydrogen-bond acceptors (Lipinski definition) is 7. The van der Waals surface area contributed by atoms with Crippen molar-refractivity contribution in [2.45, 2.75) is 51.9 Å². The summed E-state index contributed by atoms with van der Waals surface area (Å²) < 4.78 is 12.4. The van der Waals surface area contributed by atoms with E-state index in [4.69, 9.17) is 9.47 Å². The first-order chi connectivity index (χ1) is 24.8. The van der Waals surface area contributed by atoms with Gasteiger partial charge in [-0.15, -0.1) is 0 Å². The predicted molar refractivity (Wildman–Crippen MR) is 193 cm³/mol. The fourth-order valence-corrected chi connectivity index (χ4v) is 9.76. The van der Waals surface area contributed by atoms with Gasteiger partial charge in [0, 0.05) is 30.3 Å². The summed E-state index contributed by atoms with van der Waals surface area (Å²) in [4.78, 5) is 28.6. The Kier molecular flexibility index (Phi) is 8.81. The van der Waals surface area contributed by atoms with Gasteiger partial charge >= 0.3 is 11.9 Å². The van der Waals surface area contributed by atoms with Crippen LogP contribution in [0.5, 0.6) is 5.75 Å². The standard InChI is InChI=1S/C44H44O7/c1-26(25-46)12-17-36-34-16-15-33-32-18-20-44(40(33)39(34)42(48)50-36)37(23-28(19-21-45)22-27-8-4-2-5-9-27)51-43(49)41(44)38(32)35-24-30(47)13-14-31(35)29-10-6-3-7-11-29/h2-11,13-14,17,23-24,26,28,32-33,40,45-47H,12,15-16,18-22,25H2,1H3/b36-17-,37-23-/t26-,28+,32+,33-,40+,44+/m0/s1. The van der Waals surface area contributed by atoms with Crippen molar-refractivity contribution in [1.29, 1.82) is 0 Å². The molecule has 262 valence electrons. The smallest absolute Gasteiger partial charge is 0.340 e. The van der Waals surface area contributed by atoms with E-state index in [2.05, 4.69) is 18.2 Å². The first-order valence-electron chi connectivity index (χ1n) is 18.3. The Morgan fingerprint density at radius 2 is 1.67 bits per heavy atom. The lowest BCUT2D eigenvalue weighted by atomic mass is 9.44. The molecule has 2 bridgehead atoms. The molecule has 2 heterocycles. The fourth-order valence-electron chi connectivity index (χ4n) is 9.76. The second-order valence-corrected chi connectivity index (χ2v) is 14.9. The Balaban J connectivity index is 1.35. The number of benzene rings is 3. The number of carbonyl (C=O) groups excluding carboxylic acids is 2. The molecule has 9 rings (SSSR count). The zero-order valence-corrected chi connectivity index (χ0v) is 28.9. The Hall–Kier alpha value is -4.72. The van der Waals surface area contributed by atoms with Crippen molar-refractivity contribution < 1.29 is 34.4 Å². The summed E-state index contributed by atoms with van der Waals surface area (Å²) in [5.41, 5.74) is 6.01. The third-order valence-corrected chi connectivity index (χ3v) is 12.0. The van der Waals surface area contributed by atoms with Gasteiger partial charge in [0.05, 0.1) is 11.0 Å². The lowest BCUT2D eigenvalue weighted by molar-refractivity contribution is -0.135. The van der Waals surface area contributed by atoms with Crippen LogP contribution in [-0.4, -0.2) is 40.5 Å². The van der Waals surface area contributed by atoms with E-state index < -0.39 is 11.4 Å². The Labute approximate surface area is 298 Å². The van der Waals surface area contributed by atoms with E-state index >= 15 is 0 Å². The lowest BCUT2D eigenvalue weighted by Crippen LogP contribution is -2.52. The maximum atomic E-state index is 14.5. The number of cyclic esters (lactones) is 2. The number of fused-ring (bicyclic) bond motifs is 1. The zero-order chi connectivity index (χ0) is 35.3. The quantitative estimate of drug-likeness (QED) is 0.188. The highest BCUT2D eigenvalue weighted by atomic mass is 16.5. The fraction of sp³-hybridized carbons (Fsp3) is 0.364. The van der Waals surface area contributed by atoms with Crippen molar-refractivity contribution in [1.82, 2.24) is 0 Å². The second-order valence-electron chi connectivity index (χ2n) is 14.9. The van der Waals surface area contributed by atoms with Crippen molar-refractivity contribution in [3.05, 3.63) is 130 Å². The van der Waals surface area contributed by atoms with Crippen molar-refractivity contribution in [2.24, 2.45) is 35.0 Å². The van der Waals surface area contributed by atoms with Crippen LogP contribution in [0.3, 0.4) is 0 Å². The molecule has 0 aromatic heterocycles. The van der Waals surface area contributed by atoms with Crippen molar-refractivity contribution in [2.75, 3.05) is 13.2 Å². The molecular weight excluding hydrogens is 640 g/mol. The number of allylic oxidation sites excluding steroid dienone is 5. The van der Waals surface area contributed by atoms with Gasteiger partial charge in [-0.1, -0.05) is 73.7 Å². The molecule has 6 atom stereocenters. The van der Waals surface area contributed by atoms with Crippen molar-refractivity contribution in [3.8, 4) is 16.9 Å². The van der Waals surface area contributed by atoms with Crippen LogP contribution < -0.4 is 0 Å². The van der Waals surface area contributed by atoms with Crippen LogP contribution in [0.25, 0.3) is 16.7 Å². The first-order valence-corrected chi connectivity index (χ1v) is 18.3. The minimum atomic E-state index is -0.913. The average Bonchev–Trinajstić information content (AvgIpc) is 3.63. The van der Waals surface area contributed by atoms with E-state index in [1.54, 1.807) is 12.1 Å². The van der Waals surface area contributed by atoms with E-state index in [1.807, 2.05) is 67.6 Å². The molecule has 0 amide bonds. The van der Waals surface area contributed by atoms with E-state index in [-0.39, 0.29) is 54.5 Å². The molecule has 0 unspecified atom stereocenters. The number of phenols is 1. The molecule has 51 heavy (non-hydrogen) atoms. The molecule has 4 aliphatic carbocycles. The topological polar surface area (TPSA) is 113 Å². The molecular formula is C44H44O7. The Morgan fingerprint density at radius 1 is 0.902 bits per heavy atom. The van der Waals surface area contributed by atoms with Gasteiger partial charge in [-0.05, 0) is 121 Å². The molecule has 2 fully saturated rings. The molecule has 1 saturated heterocycles. The third kappa shape index (κ3) is 5.58.